The van der Waals surface area contributed by atoms with Crippen molar-refractivity contribution in [2.45, 2.75) is 25.9 Å². The standard InChI is InChI=1S/C23H19ClN2O4/c1-15-4-6-16(7-5-15)22(28)25(14-19-3-2-12-30-19)20-13-21(27)26(23(20)29)18-10-8-17(24)9-11-18/h2-12,20H,13-14H2,1H3. The van der Waals surface area contributed by atoms with E-state index in [2.05, 4.69) is 0 Å². The topological polar surface area (TPSA) is 70.8 Å². The summed E-state index contributed by atoms with van der Waals surface area (Å²) in [7, 11) is 0. The zero-order valence-electron chi connectivity index (χ0n) is 16.2. The number of benzene rings is 2. The fourth-order valence-electron chi connectivity index (χ4n) is 3.48. The molecule has 0 bridgehead atoms. The lowest BCUT2D eigenvalue weighted by Crippen LogP contribution is -2.45. The third kappa shape index (κ3) is 3.86. The average Bonchev–Trinajstić information content (AvgIpc) is 3.35. The maximum Gasteiger partial charge on any atom is 0.257 e. The van der Waals surface area contributed by atoms with Gasteiger partial charge < -0.3 is 9.32 Å². The van der Waals surface area contributed by atoms with E-state index in [0.29, 0.717) is 22.0 Å². The Morgan fingerprint density at radius 2 is 1.80 bits per heavy atom. The molecule has 2 heterocycles. The van der Waals surface area contributed by atoms with Gasteiger partial charge in [-0.2, -0.15) is 0 Å². The molecular weight excluding hydrogens is 404 g/mol. The van der Waals surface area contributed by atoms with Crippen molar-refractivity contribution in [2.24, 2.45) is 0 Å². The SMILES string of the molecule is Cc1ccc(C(=O)N(Cc2ccco2)C2CC(=O)N(c3ccc(Cl)cc3)C2=O)cc1. The highest BCUT2D eigenvalue weighted by molar-refractivity contribution is 6.31. The molecule has 1 fully saturated rings. The summed E-state index contributed by atoms with van der Waals surface area (Å²) >= 11 is 5.92. The van der Waals surface area contributed by atoms with E-state index in [1.165, 1.54) is 11.2 Å². The number of amides is 3. The van der Waals surface area contributed by atoms with Crippen LogP contribution in [0.25, 0.3) is 0 Å². The van der Waals surface area contributed by atoms with Crippen LogP contribution in [-0.4, -0.2) is 28.7 Å². The normalized spacial score (nSPS) is 16.2. The maximum atomic E-state index is 13.3. The van der Waals surface area contributed by atoms with Gasteiger partial charge in [0.2, 0.25) is 5.91 Å². The van der Waals surface area contributed by atoms with Crippen molar-refractivity contribution in [1.29, 1.82) is 0 Å². The molecule has 1 aliphatic heterocycles. The molecule has 0 aliphatic carbocycles. The fourth-order valence-corrected chi connectivity index (χ4v) is 3.60. The minimum atomic E-state index is -0.924. The first kappa shape index (κ1) is 19.9. The number of aryl methyl sites for hydroxylation is 1. The van der Waals surface area contributed by atoms with Crippen LogP contribution >= 0.6 is 11.6 Å². The molecule has 2 aromatic carbocycles. The molecule has 4 rings (SSSR count). The summed E-state index contributed by atoms with van der Waals surface area (Å²) in [4.78, 5) is 41.7. The van der Waals surface area contributed by atoms with Gasteiger partial charge in [0.15, 0.2) is 0 Å². The molecule has 1 aromatic heterocycles. The summed E-state index contributed by atoms with van der Waals surface area (Å²) in [6.07, 6.45) is 1.41. The van der Waals surface area contributed by atoms with Crippen molar-refractivity contribution in [2.75, 3.05) is 4.90 Å². The minimum absolute atomic E-state index is 0.0812. The number of imide groups is 1. The van der Waals surface area contributed by atoms with Gasteiger partial charge in [-0.1, -0.05) is 29.3 Å². The van der Waals surface area contributed by atoms with E-state index in [1.54, 1.807) is 48.5 Å². The van der Waals surface area contributed by atoms with E-state index < -0.39 is 11.9 Å². The molecule has 1 atom stereocenters. The number of halogens is 1. The van der Waals surface area contributed by atoms with Crippen molar-refractivity contribution in [3.05, 3.63) is 88.8 Å². The van der Waals surface area contributed by atoms with Crippen molar-refractivity contribution in [1.82, 2.24) is 4.90 Å². The highest BCUT2D eigenvalue weighted by atomic mass is 35.5. The van der Waals surface area contributed by atoms with Gasteiger partial charge in [-0.3, -0.25) is 14.4 Å². The Morgan fingerprint density at radius 3 is 2.43 bits per heavy atom. The number of anilines is 1. The van der Waals surface area contributed by atoms with Crippen LogP contribution in [-0.2, 0) is 16.1 Å². The van der Waals surface area contributed by atoms with E-state index in [0.717, 1.165) is 10.5 Å². The van der Waals surface area contributed by atoms with Crippen LogP contribution in [0.5, 0.6) is 0 Å². The Bertz CT molecular complexity index is 1080. The van der Waals surface area contributed by atoms with Gasteiger partial charge in [-0.05, 0) is 55.5 Å². The first-order chi connectivity index (χ1) is 14.4. The summed E-state index contributed by atoms with van der Waals surface area (Å²) in [5.41, 5.74) is 1.89. The molecule has 1 aliphatic rings. The molecule has 30 heavy (non-hydrogen) atoms. The summed E-state index contributed by atoms with van der Waals surface area (Å²) in [5, 5.41) is 0.503. The van der Waals surface area contributed by atoms with Crippen molar-refractivity contribution >= 4 is 35.0 Å². The highest BCUT2D eigenvalue weighted by Crippen LogP contribution is 2.28. The lowest BCUT2D eigenvalue weighted by Gasteiger charge is -2.27. The first-order valence-electron chi connectivity index (χ1n) is 9.46. The van der Waals surface area contributed by atoms with Crippen LogP contribution in [0.4, 0.5) is 5.69 Å². The van der Waals surface area contributed by atoms with E-state index in [4.69, 9.17) is 16.0 Å². The smallest absolute Gasteiger partial charge is 0.257 e. The highest BCUT2D eigenvalue weighted by Gasteiger charge is 2.44. The summed E-state index contributed by atoms with van der Waals surface area (Å²) < 4.78 is 5.40. The van der Waals surface area contributed by atoms with Gasteiger partial charge in [-0.25, -0.2) is 4.90 Å². The third-order valence-corrected chi connectivity index (χ3v) is 5.30. The largest absolute Gasteiger partial charge is 0.467 e. The van der Waals surface area contributed by atoms with Crippen molar-refractivity contribution in [3.63, 3.8) is 0 Å². The van der Waals surface area contributed by atoms with Crippen LogP contribution in [0.15, 0.2) is 71.3 Å². The number of carbonyl (C=O) groups is 3. The number of hydrogen-bond donors (Lipinski definition) is 0. The average molecular weight is 423 g/mol. The second-order valence-corrected chi connectivity index (χ2v) is 7.58. The molecule has 7 heteroatoms. The van der Waals surface area contributed by atoms with Gasteiger partial charge in [-0.15, -0.1) is 0 Å². The van der Waals surface area contributed by atoms with E-state index in [9.17, 15) is 14.4 Å². The van der Waals surface area contributed by atoms with Gasteiger partial charge in [0.1, 0.15) is 11.8 Å². The second kappa shape index (κ2) is 8.16. The molecule has 0 radical (unpaired) electrons. The molecular formula is C23H19ClN2O4. The fraction of sp³-hybridized carbons (Fsp3) is 0.174. The van der Waals surface area contributed by atoms with Crippen molar-refractivity contribution < 1.29 is 18.8 Å². The van der Waals surface area contributed by atoms with E-state index >= 15 is 0 Å². The molecule has 0 spiro atoms. The molecule has 0 N–H and O–H groups in total. The molecule has 6 nitrogen and oxygen atoms in total. The number of carbonyl (C=O) groups excluding carboxylic acids is 3. The Labute approximate surface area is 178 Å². The van der Waals surface area contributed by atoms with Gasteiger partial charge in [0.05, 0.1) is 24.9 Å². The molecule has 1 saturated heterocycles. The Morgan fingerprint density at radius 1 is 1.10 bits per heavy atom. The molecule has 3 amide bonds. The predicted molar refractivity (Wildman–Crippen MR) is 112 cm³/mol. The number of hydrogen-bond acceptors (Lipinski definition) is 4. The molecule has 0 saturated carbocycles. The van der Waals surface area contributed by atoms with E-state index in [-0.39, 0.29) is 24.8 Å². The van der Waals surface area contributed by atoms with Crippen LogP contribution in [0.1, 0.15) is 28.1 Å². The van der Waals surface area contributed by atoms with Crippen LogP contribution in [0, 0.1) is 6.92 Å². The van der Waals surface area contributed by atoms with Crippen LogP contribution in [0.3, 0.4) is 0 Å². The zero-order valence-corrected chi connectivity index (χ0v) is 17.0. The van der Waals surface area contributed by atoms with Crippen molar-refractivity contribution in [3.8, 4) is 0 Å². The summed E-state index contributed by atoms with van der Waals surface area (Å²) in [5.74, 6) is -0.626. The minimum Gasteiger partial charge on any atom is -0.467 e. The zero-order chi connectivity index (χ0) is 21.3. The molecule has 1 unspecified atom stereocenters. The third-order valence-electron chi connectivity index (χ3n) is 5.05. The monoisotopic (exact) mass is 422 g/mol. The lowest BCUT2D eigenvalue weighted by atomic mass is 10.1. The maximum absolute atomic E-state index is 13.3. The lowest BCUT2D eigenvalue weighted by molar-refractivity contribution is -0.122. The van der Waals surface area contributed by atoms with Gasteiger partial charge >= 0.3 is 0 Å². The Hall–Kier alpha value is -3.38. The van der Waals surface area contributed by atoms with Crippen LogP contribution < -0.4 is 4.90 Å². The van der Waals surface area contributed by atoms with Gasteiger partial charge in [0.25, 0.3) is 11.8 Å². The summed E-state index contributed by atoms with van der Waals surface area (Å²) in [6.45, 7) is 2.01. The molecule has 3 aromatic rings. The Kier molecular flexibility index (Phi) is 5.42. The first-order valence-corrected chi connectivity index (χ1v) is 9.84. The van der Waals surface area contributed by atoms with Crippen LogP contribution in [0.2, 0.25) is 5.02 Å². The predicted octanol–water partition coefficient (Wildman–Crippen LogP) is 4.22. The van der Waals surface area contributed by atoms with E-state index in [1.807, 2.05) is 19.1 Å². The number of rotatable bonds is 5. The number of nitrogens with zero attached hydrogens (tertiary/aromatic N) is 2. The Balaban J connectivity index is 1.67. The molecule has 152 valence electrons. The summed E-state index contributed by atoms with van der Waals surface area (Å²) in [6, 6.07) is 16.1. The second-order valence-electron chi connectivity index (χ2n) is 7.14. The quantitative estimate of drug-likeness (QED) is 0.577. The van der Waals surface area contributed by atoms with Gasteiger partial charge in [0, 0.05) is 10.6 Å². The number of furan rings is 1.